The van der Waals surface area contributed by atoms with Crippen molar-refractivity contribution in [1.29, 1.82) is 0 Å². The number of nitrogens with zero attached hydrogens (tertiary/aromatic N) is 2. The molecule has 5 heteroatoms. The second kappa shape index (κ2) is 7.64. The molecule has 1 aromatic heterocycles. The zero-order chi connectivity index (χ0) is 17.8. The number of benzene rings is 2. The second-order valence-corrected chi connectivity index (χ2v) is 6.45. The number of anilines is 1. The molecule has 2 aromatic carbocycles. The SMILES string of the molecule is O=C(Nc1ccc2ncccc2c1)c1cccc(CN2CCOCC2)c1. The van der Waals surface area contributed by atoms with Crippen LogP contribution in [0.5, 0.6) is 0 Å². The fraction of sp³-hybridized carbons (Fsp3) is 0.238. The molecular formula is C21H21N3O2. The molecule has 0 unspecified atom stereocenters. The molecule has 0 atom stereocenters. The van der Waals surface area contributed by atoms with E-state index in [9.17, 15) is 4.79 Å². The van der Waals surface area contributed by atoms with Crippen LogP contribution in [-0.4, -0.2) is 42.1 Å². The van der Waals surface area contributed by atoms with Crippen LogP contribution in [0.2, 0.25) is 0 Å². The molecule has 1 amide bonds. The Morgan fingerprint density at radius 1 is 1.08 bits per heavy atom. The van der Waals surface area contributed by atoms with Gasteiger partial charge >= 0.3 is 0 Å². The maximum atomic E-state index is 12.6. The number of carbonyl (C=O) groups is 1. The lowest BCUT2D eigenvalue weighted by molar-refractivity contribution is 0.0342. The van der Waals surface area contributed by atoms with Crippen molar-refractivity contribution < 1.29 is 9.53 Å². The molecule has 1 aliphatic rings. The van der Waals surface area contributed by atoms with Gasteiger partial charge in [0.05, 0.1) is 18.7 Å². The van der Waals surface area contributed by atoms with Crippen molar-refractivity contribution in [3.63, 3.8) is 0 Å². The molecule has 132 valence electrons. The number of rotatable bonds is 4. The van der Waals surface area contributed by atoms with Gasteiger partial charge in [-0.15, -0.1) is 0 Å². The topological polar surface area (TPSA) is 54.5 Å². The summed E-state index contributed by atoms with van der Waals surface area (Å²) in [5.41, 5.74) is 3.50. The summed E-state index contributed by atoms with van der Waals surface area (Å²) < 4.78 is 5.39. The lowest BCUT2D eigenvalue weighted by atomic mass is 10.1. The third kappa shape index (κ3) is 3.90. The largest absolute Gasteiger partial charge is 0.379 e. The van der Waals surface area contributed by atoms with Gasteiger partial charge in [0.2, 0.25) is 0 Å². The van der Waals surface area contributed by atoms with Crippen LogP contribution in [0.25, 0.3) is 10.9 Å². The highest BCUT2D eigenvalue weighted by atomic mass is 16.5. The summed E-state index contributed by atoms with van der Waals surface area (Å²) in [6.07, 6.45) is 1.76. The van der Waals surface area contributed by atoms with Crippen LogP contribution in [0.1, 0.15) is 15.9 Å². The van der Waals surface area contributed by atoms with Gasteiger partial charge in [-0.25, -0.2) is 0 Å². The van der Waals surface area contributed by atoms with Crippen LogP contribution >= 0.6 is 0 Å². The minimum absolute atomic E-state index is 0.0999. The van der Waals surface area contributed by atoms with E-state index in [-0.39, 0.29) is 5.91 Å². The lowest BCUT2D eigenvalue weighted by Gasteiger charge is -2.26. The molecule has 4 rings (SSSR count). The van der Waals surface area contributed by atoms with Gasteiger partial charge in [-0.1, -0.05) is 18.2 Å². The van der Waals surface area contributed by atoms with Crippen molar-refractivity contribution in [2.75, 3.05) is 31.6 Å². The zero-order valence-corrected chi connectivity index (χ0v) is 14.5. The van der Waals surface area contributed by atoms with Gasteiger partial charge < -0.3 is 10.1 Å². The standard InChI is InChI=1S/C21H21N3O2/c25-21(23-19-6-7-20-17(14-19)5-2-8-22-20)18-4-1-3-16(13-18)15-24-9-11-26-12-10-24/h1-8,13-14H,9-12,15H2,(H,23,25). The molecule has 1 aliphatic heterocycles. The van der Waals surface area contributed by atoms with E-state index in [1.54, 1.807) is 6.20 Å². The van der Waals surface area contributed by atoms with Gasteiger partial charge in [-0.2, -0.15) is 0 Å². The molecule has 0 aliphatic carbocycles. The van der Waals surface area contributed by atoms with E-state index in [1.165, 1.54) is 0 Å². The Hall–Kier alpha value is -2.76. The third-order valence-electron chi connectivity index (χ3n) is 4.56. The van der Waals surface area contributed by atoms with E-state index < -0.39 is 0 Å². The van der Waals surface area contributed by atoms with E-state index >= 15 is 0 Å². The number of hydrogen-bond acceptors (Lipinski definition) is 4. The molecule has 2 heterocycles. The van der Waals surface area contributed by atoms with Gasteiger partial charge in [0.1, 0.15) is 0 Å². The Kier molecular flexibility index (Phi) is 4.91. The summed E-state index contributed by atoms with van der Waals surface area (Å²) in [6.45, 7) is 4.25. The maximum Gasteiger partial charge on any atom is 0.255 e. The van der Waals surface area contributed by atoms with Crippen molar-refractivity contribution in [1.82, 2.24) is 9.88 Å². The monoisotopic (exact) mass is 347 g/mol. The predicted octanol–water partition coefficient (Wildman–Crippen LogP) is 3.32. The van der Waals surface area contributed by atoms with Gasteiger partial charge in [0, 0.05) is 42.5 Å². The molecule has 5 nitrogen and oxygen atoms in total. The van der Waals surface area contributed by atoms with E-state index in [2.05, 4.69) is 21.3 Å². The Bertz CT molecular complexity index is 920. The average molecular weight is 347 g/mol. The van der Waals surface area contributed by atoms with Crippen LogP contribution in [0.15, 0.2) is 60.8 Å². The Morgan fingerprint density at radius 2 is 1.96 bits per heavy atom. The van der Waals surface area contributed by atoms with E-state index in [1.807, 2.05) is 48.5 Å². The van der Waals surface area contributed by atoms with Crippen LogP contribution in [-0.2, 0) is 11.3 Å². The number of ether oxygens (including phenoxy) is 1. The van der Waals surface area contributed by atoms with Crippen LogP contribution in [0.4, 0.5) is 5.69 Å². The summed E-state index contributed by atoms with van der Waals surface area (Å²) in [5.74, 6) is -0.0999. The number of aromatic nitrogens is 1. The first-order chi connectivity index (χ1) is 12.8. The minimum atomic E-state index is -0.0999. The average Bonchev–Trinajstić information content (AvgIpc) is 2.69. The van der Waals surface area contributed by atoms with E-state index in [4.69, 9.17) is 4.74 Å². The number of nitrogens with one attached hydrogen (secondary N) is 1. The fourth-order valence-electron chi connectivity index (χ4n) is 3.19. The molecule has 0 saturated carbocycles. The predicted molar refractivity (Wildman–Crippen MR) is 102 cm³/mol. The molecule has 26 heavy (non-hydrogen) atoms. The quantitative estimate of drug-likeness (QED) is 0.787. The highest BCUT2D eigenvalue weighted by molar-refractivity contribution is 6.05. The molecule has 0 radical (unpaired) electrons. The van der Waals surface area contributed by atoms with Gasteiger partial charge in [-0.3, -0.25) is 14.7 Å². The van der Waals surface area contributed by atoms with E-state index in [0.717, 1.165) is 55.0 Å². The van der Waals surface area contributed by atoms with Crippen molar-refractivity contribution in [3.8, 4) is 0 Å². The van der Waals surface area contributed by atoms with Crippen LogP contribution in [0.3, 0.4) is 0 Å². The number of amides is 1. The van der Waals surface area contributed by atoms with Gasteiger partial charge in [0.15, 0.2) is 0 Å². The smallest absolute Gasteiger partial charge is 0.255 e. The molecule has 1 N–H and O–H groups in total. The summed E-state index contributed by atoms with van der Waals surface area (Å²) in [4.78, 5) is 19.3. The highest BCUT2D eigenvalue weighted by Crippen LogP contribution is 2.18. The summed E-state index contributed by atoms with van der Waals surface area (Å²) in [6, 6.07) is 17.4. The Labute approximate surface area is 152 Å². The molecule has 0 bridgehead atoms. The zero-order valence-electron chi connectivity index (χ0n) is 14.5. The first-order valence-electron chi connectivity index (χ1n) is 8.83. The number of fused-ring (bicyclic) bond motifs is 1. The Morgan fingerprint density at radius 3 is 2.85 bits per heavy atom. The number of carbonyl (C=O) groups excluding carboxylic acids is 1. The maximum absolute atomic E-state index is 12.6. The highest BCUT2D eigenvalue weighted by Gasteiger charge is 2.12. The fourth-order valence-corrected chi connectivity index (χ4v) is 3.19. The van der Waals surface area contributed by atoms with Crippen molar-refractivity contribution in [2.24, 2.45) is 0 Å². The number of morpholine rings is 1. The van der Waals surface area contributed by atoms with Gasteiger partial charge in [0.25, 0.3) is 5.91 Å². The second-order valence-electron chi connectivity index (χ2n) is 6.45. The van der Waals surface area contributed by atoms with Crippen molar-refractivity contribution in [2.45, 2.75) is 6.54 Å². The number of pyridine rings is 1. The Balaban J connectivity index is 1.47. The molecule has 1 fully saturated rings. The van der Waals surface area contributed by atoms with E-state index in [0.29, 0.717) is 5.56 Å². The molecule has 3 aromatic rings. The summed E-state index contributed by atoms with van der Waals surface area (Å²) in [5, 5.41) is 3.99. The van der Waals surface area contributed by atoms with Crippen molar-refractivity contribution in [3.05, 3.63) is 71.9 Å². The van der Waals surface area contributed by atoms with Crippen LogP contribution in [0, 0.1) is 0 Å². The summed E-state index contributed by atoms with van der Waals surface area (Å²) in [7, 11) is 0. The minimum Gasteiger partial charge on any atom is -0.379 e. The van der Waals surface area contributed by atoms with Crippen LogP contribution < -0.4 is 5.32 Å². The molecule has 1 saturated heterocycles. The normalized spacial score (nSPS) is 15.1. The molecular weight excluding hydrogens is 326 g/mol. The third-order valence-corrected chi connectivity index (χ3v) is 4.56. The van der Waals surface area contributed by atoms with Gasteiger partial charge in [-0.05, 0) is 42.0 Å². The molecule has 0 spiro atoms. The first kappa shape index (κ1) is 16.7. The first-order valence-corrected chi connectivity index (χ1v) is 8.83. The number of hydrogen-bond donors (Lipinski definition) is 1. The summed E-state index contributed by atoms with van der Waals surface area (Å²) >= 11 is 0. The lowest BCUT2D eigenvalue weighted by Crippen LogP contribution is -2.35. The van der Waals surface area contributed by atoms with Crippen molar-refractivity contribution >= 4 is 22.5 Å².